The van der Waals surface area contributed by atoms with Gasteiger partial charge in [-0.25, -0.2) is 4.79 Å². The van der Waals surface area contributed by atoms with Crippen molar-refractivity contribution in [2.45, 2.75) is 6.42 Å². The number of anilines is 1. The first-order valence-corrected chi connectivity index (χ1v) is 7.56. The fourth-order valence-corrected chi connectivity index (χ4v) is 3.43. The normalized spacial score (nSPS) is 10.4. The van der Waals surface area contributed by atoms with Gasteiger partial charge in [-0.15, -0.1) is 11.3 Å². The van der Waals surface area contributed by atoms with Crippen LogP contribution in [0.25, 0.3) is 0 Å². The predicted octanol–water partition coefficient (Wildman–Crippen LogP) is 4.52. The zero-order chi connectivity index (χ0) is 13.8. The molecule has 0 fully saturated rings. The first-order valence-electron chi connectivity index (χ1n) is 5.58. The molecule has 100 valence electrons. The SMILES string of the molecule is O=C(O)c1c(Cl)cccc1NCCc1ccc(Br)s1. The van der Waals surface area contributed by atoms with Crippen LogP contribution in [0.3, 0.4) is 0 Å². The number of aromatic carboxylic acids is 1. The second kappa shape index (κ2) is 6.41. The summed E-state index contributed by atoms with van der Waals surface area (Å²) in [6.45, 7) is 0.660. The lowest BCUT2D eigenvalue weighted by molar-refractivity contribution is 0.0698. The minimum atomic E-state index is -1.02. The van der Waals surface area contributed by atoms with E-state index in [0.29, 0.717) is 12.2 Å². The number of nitrogens with one attached hydrogen (secondary N) is 1. The van der Waals surface area contributed by atoms with Crippen molar-refractivity contribution in [3.63, 3.8) is 0 Å². The Morgan fingerprint density at radius 3 is 2.79 bits per heavy atom. The van der Waals surface area contributed by atoms with Crippen molar-refractivity contribution in [3.8, 4) is 0 Å². The number of benzene rings is 1. The minimum absolute atomic E-state index is 0.122. The molecule has 0 aliphatic carbocycles. The van der Waals surface area contributed by atoms with Crippen LogP contribution >= 0.6 is 38.9 Å². The first kappa shape index (κ1) is 14.4. The number of carbonyl (C=O) groups is 1. The Hall–Kier alpha value is -1.04. The van der Waals surface area contributed by atoms with E-state index in [1.165, 1.54) is 4.88 Å². The van der Waals surface area contributed by atoms with E-state index in [9.17, 15) is 4.79 Å². The summed E-state index contributed by atoms with van der Waals surface area (Å²) in [5.74, 6) is -1.02. The van der Waals surface area contributed by atoms with Crippen LogP contribution in [0.15, 0.2) is 34.1 Å². The number of halogens is 2. The molecule has 19 heavy (non-hydrogen) atoms. The van der Waals surface area contributed by atoms with Crippen molar-refractivity contribution in [2.75, 3.05) is 11.9 Å². The standard InChI is InChI=1S/C13H11BrClNO2S/c14-11-5-4-8(19-11)6-7-16-10-3-1-2-9(15)12(10)13(17)18/h1-5,16H,6-7H2,(H,17,18). The van der Waals surface area contributed by atoms with Crippen LogP contribution in [0.4, 0.5) is 5.69 Å². The second-order valence-corrected chi connectivity index (χ2v) is 6.80. The Kier molecular flexibility index (Phi) is 4.85. The largest absolute Gasteiger partial charge is 0.478 e. The molecule has 0 unspecified atom stereocenters. The molecule has 0 aliphatic heterocycles. The second-order valence-electron chi connectivity index (χ2n) is 3.85. The maximum Gasteiger partial charge on any atom is 0.339 e. The van der Waals surface area contributed by atoms with Gasteiger partial charge >= 0.3 is 5.97 Å². The van der Waals surface area contributed by atoms with E-state index in [2.05, 4.69) is 21.2 Å². The fraction of sp³-hybridized carbons (Fsp3) is 0.154. The van der Waals surface area contributed by atoms with Crippen LogP contribution in [0.1, 0.15) is 15.2 Å². The number of carboxylic acids is 1. The van der Waals surface area contributed by atoms with Crippen molar-refractivity contribution in [2.24, 2.45) is 0 Å². The maximum absolute atomic E-state index is 11.2. The zero-order valence-corrected chi connectivity index (χ0v) is 13.0. The number of hydrogen-bond donors (Lipinski definition) is 2. The van der Waals surface area contributed by atoms with Crippen molar-refractivity contribution >= 4 is 50.5 Å². The molecule has 3 nitrogen and oxygen atoms in total. The topological polar surface area (TPSA) is 49.3 Å². The molecule has 0 bridgehead atoms. The summed E-state index contributed by atoms with van der Waals surface area (Å²) in [7, 11) is 0. The van der Waals surface area contributed by atoms with Gasteiger partial charge < -0.3 is 10.4 Å². The lowest BCUT2D eigenvalue weighted by atomic mass is 10.1. The molecule has 1 heterocycles. The van der Waals surface area contributed by atoms with Crippen molar-refractivity contribution in [1.82, 2.24) is 0 Å². The molecule has 1 aromatic heterocycles. The van der Waals surface area contributed by atoms with Gasteiger partial charge in [0.25, 0.3) is 0 Å². The highest BCUT2D eigenvalue weighted by Gasteiger charge is 2.13. The number of thiophene rings is 1. The van der Waals surface area contributed by atoms with Crippen LogP contribution in [0, 0.1) is 0 Å². The Morgan fingerprint density at radius 2 is 2.16 bits per heavy atom. The zero-order valence-electron chi connectivity index (χ0n) is 9.82. The van der Waals surface area contributed by atoms with E-state index in [1.807, 2.05) is 12.1 Å². The van der Waals surface area contributed by atoms with Gasteiger partial charge in [-0.3, -0.25) is 0 Å². The monoisotopic (exact) mass is 359 g/mol. The summed E-state index contributed by atoms with van der Waals surface area (Å²) in [5.41, 5.74) is 0.673. The van der Waals surface area contributed by atoms with Gasteiger partial charge in [0.05, 0.1) is 14.5 Å². The summed E-state index contributed by atoms with van der Waals surface area (Å²) < 4.78 is 1.09. The molecule has 1 aromatic carbocycles. The van der Waals surface area contributed by atoms with E-state index < -0.39 is 5.97 Å². The van der Waals surface area contributed by atoms with Gasteiger partial charge in [0, 0.05) is 11.4 Å². The smallest absolute Gasteiger partial charge is 0.339 e. The highest BCUT2D eigenvalue weighted by molar-refractivity contribution is 9.11. The Bertz CT molecular complexity index is 600. The average Bonchev–Trinajstić information content (AvgIpc) is 2.74. The van der Waals surface area contributed by atoms with Gasteiger partial charge in [-0.05, 0) is 46.6 Å². The summed E-state index contributed by atoms with van der Waals surface area (Å²) >= 11 is 11.0. The molecule has 0 aliphatic rings. The van der Waals surface area contributed by atoms with Crippen LogP contribution in [0.5, 0.6) is 0 Å². The van der Waals surface area contributed by atoms with Gasteiger partial charge in [-0.1, -0.05) is 17.7 Å². The summed E-state index contributed by atoms with van der Waals surface area (Å²) in [5, 5.41) is 12.5. The Balaban J connectivity index is 2.03. The highest BCUT2D eigenvalue weighted by Crippen LogP contribution is 2.25. The summed E-state index contributed by atoms with van der Waals surface area (Å²) in [6.07, 6.45) is 0.835. The first-order chi connectivity index (χ1) is 9.08. The lowest BCUT2D eigenvalue weighted by Gasteiger charge is -2.10. The molecular formula is C13H11BrClNO2S. The maximum atomic E-state index is 11.2. The number of hydrogen-bond acceptors (Lipinski definition) is 3. The molecule has 0 atom stereocenters. The van der Waals surface area contributed by atoms with Crippen LogP contribution < -0.4 is 5.32 Å². The van der Waals surface area contributed by atoms with Crippen molar-refractivity contribution < 1.29 is 9.90 Å². The van der Waals surface area contributed by atoms with E-state index in [4.69, 9.17) is 16.7 Å². The molecule has 2 rings (SSSR count). The molecule has 6 heteroatoms. The van der Waals surface area contributed by atoms with Crippen LogP contribution in [-0.4, -0.2) is 17.6 Å². The van der Waals surface area contributed by atoms with E-state index >= 15 is 0 Å². The van der Waals surface area contributed by atoms with Crippen molar-refractivity contribution in [1.29, 1.82) is 0 Å². The third-order valence-corrected chi connectivity index (χ3v) is 4.54. The molecule has 0 saturated heterocycles. The third kappa shape index (κ3) is 3.72. The van der Waals surface area contributed by atoms with E-state index in [0.717, 1.165) is 10.2 Å². The molecule has 2 aromatic rings. The van der Waals surface area contributed by atoms with E-state index in [-0.39, 0.29) is 10.6 Å². The van der Waals surface area contributed by atoms with Gasteiger partial charge in [-0.2, -0.15) is 0 Å². The predicted molar refractivity (Wildman–Crippen MR) is 82.6 cm³/mol. The Morgan fingerprint density at radius 1 is 1.37 bits per heavy atom. The highest BCUT2D eigenvalue weighted by atomic mass is 79.9. The number of carboxylic acid groups (broad SMARTS) is 1. The number of rotatable bonds is 5. The molecule has 0 saturated carbocycles. The van der Waals surface area contributed by atoms with E-state index in [1.54, 1.807) is 29.5 Å². The van der Waals surface area contributed by atoms with Crippen LogP contribution in [-0.2, 0) is 6.42 Å². The fourth-order valence-electron chi connectivity index (χ4n) is 1.70. The minimum Gasteiger partial charge on any atom is -0.478 e. The van der Waals surface area contributed by atoms with Crippen LogP contribution in [0.2, 0.25) is 5.02 Å². The quantitative estimate of drug-likeness (QED) is 0.824. The average molecular weight is 361 g/mol. The van der Waals surface area contributed by atoms with Gasteiger partial charge in [0.2, 0.25) is 0 Å². The molecule has 2 N–H and O–H groups in total. The van der Waals surface area contributed by atoms with Gasteiger partial charge in [0.15, 0.2) is 0 Å². The molecule has 0 amide bonds. The lowest BCUT2D eigenvalue weighted by Crippen LogP contribution is -2.09. The van der Waals surface area contributed by atoms with Crippen molar-refractivity contribution in [3.05, 3.63) is 49.6 Å². The Labute approximate surface area is 128 Å². The molecule has 0 spiro atoms. The molecule has 0 radical (unpaired) electrons. The van der Waals surface area contributed by atoms with Gasteiger partial charge in [0.1, 0.15) is 5.56 Å². The summed E-state index contributed by atoms with van der Waals surface area (Å²) in [4.78, 5) is 12.4. The molecular weight excluding hydrogens is 350 g/mol. The summed E-state index contributed by atoms with van der Waals surface area (Å²) in [6, 6.07) is 9.08. The third-order valence-electron chi connectivity index (χ3n) is 2.54.